The van der Waals surface area contributed by atoms with E-state index in [1.807, 2.05) is 60.7 Å². The first kappa shape index (κ1) is 17.0. The van der Waals surface area contributed by atoms with Gasteiger partial charge in [-0.25, -0.2) is 9.78 Å². The summed E-state index contributed by atoms with van der Waals surface area (Å²) in [7, 11) is 0. The van der Waals surface area contributed by atoms with Gasteiger partial charge in [-0.05, 0) is 35.0 Å². The Morgan fingerprint density at radius 1 is 0.621 bits per heavy atom. The van der Waals surface area contributed by atoms with Crippen molar-refractivity contribution in [2.75, 3.05) is 0 Å². The highest BCUT2D eigenvalue weighted by molar-refractivity contribution is 5.92. The van der Waals surface area contributed by atoms with Gasteiger partial charge in [0.05, 0.1) is 28.3 Å². The van der Waals surface area contributed by atoms with Gasteiger partial charge in [0.1, 0.15) is 0 Å². The predicted octanol–water partition coefficient (Wildman–Crippen LogP) is 5.21. The number of carboxylic acids is 1. The van der Waals surface area contributed by atoms with Gasteiger partial charge in [0, 0.05) is 23.2 Å². The second-order valence-corrected chi connectivity index (χ2v) is 6.76. The lowest BCUT2D eigenvalue weighted by atomic mass is 10.1. The van der Waals surface area contributed by atoms with Crippen molar-refractivity contribution >= 4 is 27.5 Å². The summed E-state index contributed by atoms with van der Waals surface area (Å²) >= 11 is 0. The molecule has 5 heteroatoms. The van der Waals surface area contributed by atoms with Crippen LogP contribution in [0.25, 0.3) is 44.3 Å². The van der Waals surface area contributed by atoms with Crippen molar-refractivity contribution in [1.29, 1.82) is 0 Å². The molecule has 0 aliphatic heterocycles. The van der Waals surface area contributed by atoms with E-state index in [1.54, 1.807) is 24.5 Å². The Morgan fingerprint density at radius 3 is 1.52 bits per heavy atom. The van der Waals surface area contributed by atoms with Crippen LogP contribution < -0.4 is 0 Å². The van der Waals surface area contributed by atoms with E-state index in [9.17, 15) is 9.90 Å². The minimum absolute atomic E-state index is 0.148. The number of rotatable bonds is 3. The zero-order chi connectivity index (χ0) is 19.8. The summed E-state index contributed by atoms with van der Waals surface area (Å²) in [5, 5.41) is 13.7. The number of hydrogen-bond donors (Lipinski definition) is 1. The summed E-state index contributed by atoms with van der Waals surface area (Å²) < 4.78 is 0. The maximum atomic E-state index is 11.7. The van der Waals surface area contributed by atoms with Crippen molar-refractivity contribution in [3.8, 4) is 22.8 Å². The first-order valence-corrected chi connectivity index (χ1v) is 9.13. The fourth-order valence-corrected chi connectivity index (χ4v) is 3.36. The second-order valence-electron chi connectivity index (χ2n) is 6.76. The fraction of sp³-hybridized carbons (Fsp3) is 0. The lowest BCUT2D eigenvalue weighted by Crippen LogP contribution is -2.01. The highest BCUT2D eigenvalue weighted by Gasteiger charge is 2.13. The Hall–Kier alpha value is -4.12. The van der Waals surface area contributed by atoms with Gasteiger partial charge < -0.3 is 5.11 Å². The average molecular weight is 377 g/mol. The third-order valence-electron chi connectivity index (χ3n) is 4.86. The van der Waals surface area contributed by atoms with E-state index in [0.717, 1.165) is 21.5 Å². The van der Waals surface area contributed by atoms with E-state index in [1.165, 1.54) is 0 Å². The van der Waals surface area contributed by atoms with E-state index in [-0.39, 0.29) is 5.56 Å². The van der Waals surface area contributed by atoms with Gasteiger partial charge in [-0.3, -0.25) is 9.97 Å². The second kappa shape index (κ2) is 6.80. The summed E-state index contributed by atoms with van der Waals surface area (Å²) in [5.41, 5.74) is 2.39. The van der Waals surface area contributed by atoms with Gasteiger partial charge >= 0.3 is 5.97 Å². The van der Waals surface area contributed by atoms with Crippen LogP contribution in [0.2, 0.25) is 0 Å². The highest BCUT2D eigenvalue weighted by atomic mass is 16.4. The predicted molar refractivity (Wildman–Crippen MR) is 113 cm³/mol. The Morgan fingerprint density at radius 2 is 1.07 bits per heavy atom. The smallest absolute Gasteiger partial charge is 0.335 e. The molecule has 2 aromatic carbocycles. The number of carbonyl (C=O) groups is 1. The van der Waals surface area contributed by atoms with Crippen LogP contribution in [0, 0.1) is 0 Å². The zero-order valence-corrected chi connectivity index (χ0v) is 15.3. The molecule has 138 valence electrons. The third kappa shape index (κ3) is 3.19. The summed E-state index contributed by atoms with van der Waals surface area (Å²) in [6.45, 7) is 0. The molecule has 3 aromatic heterocycles. The van der Waals surface area contributed by atoms with Crippen LogP contribution in [0.3, 0.4) is 0 Å². The molecule has 0 fully saturated rings. The minimum Gasteiger partial charge on any atom is -0.478 e. The van der Waals surface area contributed by atoms with E-state index in [2.05, 4.69) is 15.0 Å². The minimum atomic E-state index is -1.02. The van der Waals surface area contributed by atoms with Crippen molar-refractivity contribution in [3.05, 3.63) is 90.8 Å². The molecule has 5 nitrogen and oxygen atoms in total. The normalized spacial score (nSPS) is 11.0. The van der Waals surface area contributed by atoms with Crippen LogP contribution in [0.4, 0.5) is 0 Å². The van der Waals surface area contributed by atoms with Gasteiger partial charge in [0.2, 0.25) is 0 Å². The number of aromatic nitrogens is 3. The molecule has 3 heterocycles. The molecule has 0 atom stereocenters. The van der Waals surface area contributed by atoms with Crippen molar-refractivity contribution < 1.29 is 9.90 Å². The molecular weight excluding hydrogens is 362 g/mol. The summed E-state index contributed by atoms with van der Waals surface area (Å²) in [6, 6.07) is 22.7. The number of pyridine rings is 3. The number of benzene rings is 2. The maximum Gasteiger partial charge on any atom is 0.335 e. The molecule has 5 rings (SSSR count). The summed E-state index contributed by atoms with van der Waals surface area (Å²) in [6.07, 6.45) is 3.54. The van der Waals surface area contributed by atoms with Gasteiger partial charge in [0.25, 0.3) is 0 Å². The molecule has 0 saturated carbocycles. The molecule has 0 bridgehead atoms. The van der Waals surface area contributed by atoms with Crippen LogP contribution in [0.1, 0.15) is 10.4 Å². The van der Waals surface area contributed by atoms with Crippen LogP contribution in [0.15, 0.2) is 85.2 Å². The topological polar surface area (TPSA) is 76.0 Å². The van der Waals surface area contributed by atoms with Crippen LogP contribution in [0.5, 0.6) is 0 Å². The standard InChI is InChI=1S/C24H15N3O2/c28-24(29)19-11-22(20-9-15-5-1-3-7-17(15)13-25-20)27-23(12-19)21-10-16-6-2-4-8-18(16)14-26-21/h1-14H,(H,28,29). The Kier molecular flexibility index (Phi) is 3.99. The number of fused-ring (bicyclic) bond motifs is 2. The van der Waals surface area contributed by atoms with Gasteiger partial charge in [-0.2, -0.15) is 0 Å². The van der Waals surface area contributed by atoms with Crippen LogP contribution in [-0.2, 0) is 0 Å². The molecule has 0 amide bonds. The Labute approximate surface area is 166 Å². The van der Waals surface area contributed by atoms with E-state index in [4.69, 9.17) is 0 Å². The van der Waals surface area contributed by atoms with Gasteiger partial charge in [0.15, 0.2) is 0 Å². The van der Waals surface area contributed by atoms with Crippen molar-refractivity contribution in [1.82, 2.24) is 15.0 Å². The molecule has 0 spiro atoms. The van der Waals surface area contributed by atoms with E-state index >= 15 is 0 Å². The lowest BCUT2D eigenvalue weighted by molar-refractivity contribution is 0.0697. The first-order chi connectivity index (χ1) is 14.2. The van der Waals surface area contributed by atoms with E-state index in [0.29, 0.717) is 22.8 Å². The molecular formula is C24H15N3O2. The first-order valence-electron chi connectivity index (χ1n) is 9.13. The number of aromatic carboxylic acids is 1. The molecule has 0 aliphatic carbocycles. The summed E-state index contributed by atoms with van der Waals surface area (Å²) in [5.74, 6) is -1.02. The van der Waals surface area contributed by atoms with Crippen molar-refractivity contribution in [2.24, 2.45) is 0 Å². The monoisotopic (exact) mass is 377 g/mol. The van der Waals surface area contributed by atoms with Gasteiger partial charge in [-0.1, -0.05) is 48.5 Å². The number of hydrogen-bond acceptors (Lipinski definition) is 4. The quantitative estimate of drug-likeness (QED) is 0.467. The SMILES string of the molecule is O=C(O)c1cc(-c2cc3ccccc3cn2)nc(-c2cc3ccccc3cn2)c1. The zero-order valence-electron chi connectivity index (χ0n) is 15.3. The van der Waals surface area contributed by atoms with Crippen molar-refractivity contribution in [3.63, 3.8) is 0 Å². The van der Waals surface area contributed by atoms with Crippen molar-refractivity contribution in [2.45, 2.75) is 0 Å². The molecule has 29 heavy (non-hydrogen) atoms. The molecule has 0 radical (unpaired) electrons. The number of carboxylic acid groups (broad SMARTS) is 1. The average Bonchev–Trinajstić information content (AvgIpc) is 2.78. The number of nitrogens with zero attached hydrogens (tertiary/aromatic N) is 3. The highest BCUT2D eigenvalue weighted by Crippen LogP contribution is 2.26. The van der Waals surface area contributed by atoms with Crippen LogP contribution >= 0.6 is 0 Å². The fourth-order valence-electron chi connectivity index (χ4n) is 3.36. The third-order valence-corrected chi connectivity index (χ3v) is 4.86. The summed E-state index contributed by atoms with van der Waals surface area (Å²) in [4.78, 5) is 25.4. The Balaban J connectivity index is 1.69. The molecule has 5 aromatic rings. The van der Waals surface area contributed by atoms with Crippen LogP contribution in [-0.4, -0.2) is 26.0 Å². The largest absolute Gasteiger partial charge is 0.478 e. The Bertz CT molecular complexity index is 1300. The lowest BCUT2D eigenvalue weighted by Gasteiger charge is -2.08. The molecule has 0 aliphatic rings. The molecule has 0 unspecified atom stereocenters. The van der Waals surface area contributed by atoms with Gasteiger partial charge in [-0.15, -0.1) is 0 Å². The van der Waals surface area contributed by atoms with E-state index < -0.39 is 5.97 Å². The molecule has 1 N–H and O–H groups in total. The molecule has 0 saturated heterocycles. The maximum absolute atomic E-state index is 11.7.